The van der Waals surface area contributed by atoms with Crippen LogP contribution >= 0.6 is 11.6 Å². The molecule has 0 spiro atoms. The normalized spacial score (nSPS) is 13.7. The summed E-state index contributed by atoms with van der Waals surface area (Å²) < 4.78 is 7.67. The Morgan fingerprint density at radius 3 is 2.49 bits per heavy atom. The van der Waals surface area contributed by atoms with Crippen LogP contribution in [0.2, 0.25) is 5.02 Å². The molecule has 5 aromatic rings. The lowest BCUT2D eigenvalue weighted by Crippen LogP contribution is -2.37. The zero-order valence-corrected chi connectivity index (χ0v) is 21.0. The number of amides is 2. The number of nitrogens with zero attached hydrogens (tertiary/aromatic N) is 4. The van der Waals surface area contributed by atoms with E-state index >= 15 is 0 Å². The van der Waals surface area contributed by atoms with Crippen molar-refractivity contribution >= 4 is 56.6 Å². The van der Waals surface area contributed by atoms with Crippen molar-refractivity contribution in [3.8, 4) is 11.4 Å². The zero-order chi connectivity index (χ0) is 25.4. The number of carbonyl (C=O) groups is 1. The van der Waals surface area contributed by atoms with E-state index in [1.807, 2.05) is 31.3 Å². The van der Waals surface area contributed by atoms with Crippen LogP contribution in [0.4, 0.5) is 22.0 Å². The molecule has 1 fully saturated rings. The summed E-state index contributed by atoms with van der Waals surface area (Å²) in [5.74, 6) is 1.55. The molecule has 3 aromatic carbocycles. The molecule has 2 N–H and O–H groups in total. The van der Waals surface area contributed by atoms with E-state index in [1.54, 1.807) is 24.3 Å². The molecule has 0 saturated carbocycles. The van der Waals surface area contributed by atoms with Gasteiger partial charge in [-0.15, -0.1) is 0 Å². The lowest BCUT2D eigenvalue weighted by molar-refractivity contribution is 0.122. The van der Waals surface area contributed by atoms with Gasteiger partial charge in [-0.05, 0) is 60.7 Å². The van der Waals surface area contributed by atoms with Crippen molar-refractivity contribution in [3.63, 3.8) is 0 Å². The third-order valence-corrected chi connectivity index (χ3v) is 6.74. The number of benzene rings is 3. The van der Waals surface area contributed by atoms with Gasteiger partial charge in [0, 0.05) is 64.6 Å². The van der Waals surface area contributed by atoms with E-state index < -0.39 is 0 Å². The molecular weight excluding hydrogens is 488 g/mol. The smallest absolute Gasteiger partial charge is 0.323 e. The second-order valence-electron chi connectivity index (χ2n) is 8.96. The van der Waals surface area contributed by atoms with E-state index in [1.165, 1.54) is 0 Å². The fourth-order valence-electron chi connectivity index (χ4n) is 4.64. The van der Waals surface area contributed by atoms with Gasteiger partial charge in [0.15, 0.2) is 5.82 Å². The number of hydrogen-bond acceptors (Lipinski definition) is 5. The first-order valence-corrected chi connectivity index (χ1v) is 12.5. The van der Waals surface area contributed by atoms with Gasteiger partial charge in [0.05, 0.1) is 18.7 Å². The number of rotatable bonds is 4. The Hall–Kier alpha value is -4.14. The largest absolute Gasteiger partial charge is 0.378 e. The Morgan fingerprint density at radius 2 is 1.70 bits per heavy atom. The fourth-order valence-corrected chi connectivity index (χ4v) is 4.83. The van der Waals surface area contributed by atoms with E-state index in [0.717, 1.165) is 46.3 Å². The highest BCUT2D eigenvalue weighted by Gasteiger charge is 2.20. The van der Waals surface area contributed by atoms with E-state index in [-0.39, 0.29) is 6.03 Å². The summed E-state index contributed by atoms with van der Waals surface area (Å²) in [6.45, 7) is 2.91. The summed E-state index contributed by atoms with van der Waals surface area (Å²) in [4.78, 5) is 24.7. The molecule has 9 heteroatoms. The standard InChI is InChI=1S/C28H25ClN6O2/c1-34-12-11-22-24(34)10-9-23-25(22)32-26(33-27(23)35-13-15-37-16-14-35)18-5-7-20(8-6-18)30-28(36)31-21-4-2-3-19(29)17-21/h2-12,17H,13-16H2,1H3,(H2,30,31,36). The molecular formula is C28H25ClN6O2. The fraction of sp³-hybridized carbons (Fsp3) is 0.179. The van der Waals surface area contributed by atoms with Crippen LogP contribution in [0.3, 0.4) is 0 Å². The molecule has 0 atom stereocenters. The van der Waals surface area contributed by atoms with Crippen molar-refractivity contribution in [3.05, 3.63) is 77.9 Å². The summed E-state index contributed by atoms with van der Waals surface area (Å²) in [6.07, 6.45) is 2.05. The highest BCUT2D eigenvalue weighted by Crippen LogP contribution is 2.33. The summed E-state index contributed by atoms with van der Waals surface area (Å²) in [5, 5.41) is 8.31. The highest BCUT2D eigenvalue weighted by atomic mass is 35.5. The van der Waals surface area contributed by atoms with Crippen LogP contribution in [0, 0.1) is 0 Å². The van der Waals surface area contributed by atoms with Crippen molar-refractivity contribution in [2.24, 2.45) is 7.05 Å². The lowest BCUT2D eigenvalue weighted by atomic mass is 10.1. The average molecular weight is 513 g/mol. The Labute approximate surface area is 218 Å². The van der Waals surface area contributed by atoms with Crippen LogP contribution in [-0.4, -0.2) is 46.9 Å². The van der Waals surface area contributed by atoms with Gasteiger partial charge in [-0.25, -0.2) is 14.8 Å². The molecule has 37 heavy (non-hydrogen) atoms. The number of hydrogen-bond donors (Lipinski definition) is 2. The van der Waals surface area contributed by atoms with E-state index in [9.17, 15) is 4.79 Å². The third-order valence-electron chi connectivity index (χ3n) is 6.50. The number of nitrogens with one attached hydrogen (secondary N) is 2. The first kappa shape index (κ1) is 23.3. The van der Waals surface area contributed by atoms with Gasteiger partial charge in [-0.2, -0.15) is 0 Å². The molecule has 1 aliphatic rings. The molecule has 0 radical (unpaired) electrons. The molecule has 2 aromatic heterocycles. The van der Waals surface area contributed by atoms with Crippen molar-refractivity contribution < 1.29 is 9.53 Å². The maximum Gasteiger partial charge on any atom is 0.323 e. The molecule has 8 nitrogen and oxygen atoms in total. The summed E-state index contributed by atoms with van der Waals surface area (Å²) >= 11 is 6.00. The minimum atomic E-state index is -0.349. The van der Waals surface area contributed by atoms with Crippen molar-refractivity contribution in [1.82, 2.24) is 14.5 Å². The van der Waals surface area contributed by atoms with Gasteiger partial charge in [0.2, 0.25) is 0 Å². The van der Waals surface area contributed by atoms with E-state index in [2.05, 4.69) is 44.5 Å². The predicted octanol–water partition coefficient (Wildman–Crippen LogP) is 5.92. The monoisotopic (exact) mass is 512 g/mol. The molecule has 0 unspecified atom stereocenters. The Balaban J connectivity index is 1.33. The second kappa shape index (κ2) is 9.72. The number of halogens is 1. The van der Waals surface area contributed by atoms with Gasteiger partial charge in [-0.3, -0.25) is 0 Å². The number of carbonyl (C=O) groups excluding carboxylic acids is 1. The SMILES string of the molecule is Cn1ccc2c3nc(-c4ccc(NC(=O)Nc5cccc(Cl)c5)cc4)nc(N4CCOCC4)c3ccc21. The number of fused-ring (bicyclic) bond motifs is 3. The number of morpholine rings is 1. The number of anilines is 3. The highest BCUT2D eigenvalue weighted by molar-refractivity contribution is 6.30. The number of aromatic nitrogens is 3. The number of ether oxygens (including phenoxy) is 1. The molecule has 2 amide bonds. The summed E-state index contributed by atoms with van der Waals surface area (Å²) in [6, 6.07) is 20.5. The predicted molar refractivity (Wildman–Crippen MR) is 149 cm³/mol. The van der Waals surface area contributed by atoms with Gasteiger partial charge in [0.1, 0.15) is 5.82 Å². The summed E-state index contributed by atoms with van der Waals surface area (Å²) in [5.41, 5.74) is 4.19. The number of aryl methyl sites for hydroxylation is 1. The Bertz CT molecular complexity index is 1610. The quantitative estimate of drug-likeness (QED) is 0.312. The molecule has 1 aliphatic heterocycles. The minimum absolute atomic E-state index is 0.349. The molecule has 6 rings (SSSR count). The molecule has 0 bridgehead atoms. The number of urea groups is 1. The van der Waals surface area contributed by atoms with Gasteiger partial charge >= 0.3 is 6.03 Å². The first-order chi connectivity index (χ1) is 18.0. The molecule has 3 heterocycles. The van der Waals surface area contributed by atoms with E-state index in [4.69, 9.17) is 26.3 Å². The van der Waals surface area contributed by atoms with Crippen molar-refractivity contribution in [2.75, 3.05) is 41.8 Å². The minimum Gasteiger partial charge on any atom is -0.378 e. The van der Waals surface area contributed by atoms with Gasteiger partial charge < -0.3 is 24.8 Å². The van der Waals surface area contributed by atoms with Crippen LogP contribution in [0.15, 0.2) is 72.9 Å². The topological polar surface area (TPSA) is 84.3 Å². The molecule has 0 aliphatic carbocycles. The molecule has 186 valence electrons. The van der Waals surface area contributed by atoms with Gasteiger partial charge in [-0.1, -0.05) is 17.7 Å². The van der Waals surface area contributed by atoms with Gasteiger partial charge in [0.25, 0.3) is 0 Å². The van der Waals surface area contributed by atoms with Crippen LogP contribution in [0.25, 0.3) is 33.2 Å². The van der Waals surface area contributed by atoms with Crippen molar-refractivity contribution in [1.29, 1.82) is 0 Å². The molecule has 1 saturated heterocycles. The second-order valence-corrected chi connectivity index (χ2v) is 9.39. The average Bonchev–Trinajstić information content (AvgIpc) is 3.30. The van der Waals surface area contributed by atoms with E-state index in [0.29, 0.717) is 35.4 Å². The Morgan fingerprint density at radius 1 is 0.919 bits per heavy atom. The van der Waals surface area contributed by atoms with Crippen LogP contribution in [0.5, 0.6) is 0 Å². The summed E-state index contributed by atoms with van der Waals surface area (Å²) in [7, 11) is 2.04. The first-order valence-electron chi connectivity index (χ1n) is 12.1. The third kappa shape index (κ3) is 4.69. The zero-order valence-electron chi connectivity index (χ0n) is 20.2. The van der Waals surface area contributed by atoms with Crippen LogP contribution in [0.1, 0.15) is 0 Å². The Kier molecular flexibility index (Phi) is 6.12. The lowest BCUT2D eigenvalue weighted by Gasteiger charge is -2.29. The maximum absolute atomic E-state index is 12.4. The van der Waals surface area contributed by atoms with Crippen LogP contribution in [-0.2, 0) is 11.8 Å². The van der Waals surface area contributed by atoms with Crippen molar-refractivity contribution in [2.45, 2.75) is 0 Å². The van der Waals surface area contributed by atoms with Crippen LogP contribution < -0.4 is 15.5 Å². The maximum atomic E-state index is 12.4.